The molecular formula is C21H20ClF2N3O4. The number of benzene rings is 2. The lowest BCUT2D eigenvalue weighted by atomic mass is 10.00. The number of hydrogen-bond acceptors (Lipinski definition) is 4. The van der Waals surface area contributed by atoms with Crippen molar-refractivity contribution in [3.05, 3.63) is 52.8 Å². The lowest BCUT2D eigenvalue weighted by Gasteiger charge is -2.20. The van der Waals surface area contributed by atoms with E-state index in [-0.39, 0.29) is 22.7 Å². The fourth-order valence-corrected chi connectivity index (χ4v) is 3.66. The van der Waals surface area contributed by atoms with Crippen LogP contribution in [-0.2, 0) is 9.63 Å². The van der Waals surface area contributed by atoms with Gasteiger partial charge < -0.3 is 15.3 Å². The van der Waals surface area contributed by atoms with Gasteiger partial charge in [-0.25, -0.2) is 13.6 Å². The second-order valence-corrected chi connectivity index (χ2v) is 7.40. The Balaban J connectivity index is 1.92. The zero-order valence-electron chi connectivity index (χ0n) is 16.7. The minimum Gasteiger partial charge on any atom is -0.465 e. The summed E-state index contributed by atoms with van der Waals surface area (Å²) in [6.45, 7) is 1.32. The third-order valence-electron chi connectivity index (χ3n) is 4.96. The van der Waals surface area contributed by atoms with Gasteiger partial charge in [0.15, 0.2) is 5.82 Å². The average Bonchev–Trinajstić information content (AvgIpc) is 3.12. The number of halogens is 3. The van der Waals surface area contributed by atoms with Crippen molar-refractivity contribution in [3.8, 4) is 11.1 Å². The Bertz CT molecular complexity index is 1050. The summed E-state index contributed by atoms with van der Waals surface area (Å²) >= 11 is 6.28. The van der Waals surface area contributed by atoms with Crippen molar-refractivity contribution >= 4 is 35.0 Å². The smallest absolute Gasteiger partial charge is 0.408 e. The van der Waals surface area contributed by atoms with Crippen molar-refractivity contribution in [2.24, 2.45) is 5.16 Å². The normalized spacial score (nSPS) is 18.7. The number of likely N-dealkylation sites (tertiary alicyclic amines) is 1. The fourth-order valence-electron chi connectivity index (χ4n) is 3.44. The molecule has 0 aliphatic carbocycles. The SMILES string of the molecule is CO/N=C(\C)c1ccc(Cl)c(-c2cccc(NC(=O)C3CC(F)CN3C(=O)O)c2F)c1. The first-order valence-corrected chi connectivity index (χ1v) is 9.71. The van der Waals surface area contributed by atoms with Crippen molar-refractivity contribution < 1.29 is 28.3 Å². The molecule has 2 amide bonds. The monoisotopic (exact) mass is 451 g/mol. The molecule has 31 heavy (non-hydrogen) atoms. The van der Waals surface area contributed by atoms with E-state index in [1.165, 1.54) is 25.3 Å². The van der Waals surface area contributed by atoms with Gasteiger partial charge in [-0.1, -0.05) is 35.0 Å². The number of hydrogen-bond donors (Lipinski definition) is 2. The minimum atomic E-state index is -1.46. The van der Waals surface area contributed by atoms with E-state index in [0.717, 1.165) is 0 Å². The number of alkyl halides is 1. The highest BCUT2D eigenvalue weighted by molar-refractivity contribution is 6.33. The molecule has 0 spiro atoms. The summed E-state index contributed by atoms with van der Waals surface area (Å²) in [5.41, 5.74) is 1.54. The number of nitrogens with zero attached hydrogens (tertiary/aromatic N) is 2. The van der Waals surface area contributed by atoms with Crippen LogP contribution in [-0.4, -0.2) is 53.6 Å². The van der Waals surface area contributed by atoms with E-state index in [4.69, 9.17) is 16.4 Å². The molecule has 0 aromatic heterocycles. The third-order valence-corrected chi connectivity index (χ3v) is 5.29. The molecular weight excluding hydrogens is 432 g/mol. The fraction of sp³-hybridized carbons (Fsp3) is 0.286. The zero-order valence-corrected chi connectivity index (χ0v) is 17.5. The lowest BCUT2D eigenvalue weighted by Crippen LogP contribution is -2.42. The van der Waals surface area contributed by atoms with E-state index in [9.17, 15) is 19.1 Å². The molecule has 10 heteroatoms. The van der Waals surface area contributed by atoms with Crippen LogP contribution in [0.25, 0.3) is 11.1 Å². The molecule has 2 atom stereocenters. The van der Waals surface area contributed by atoms with Gasteiger partial charge in [-0.3, -0.25) is 9.69 Å². The Morgan fingerprint density at radius 2 is 2.03 bits per heavy atom. The molecule has 164 valence electrons. The number of anilines is 1. The van der Waals surface area contributed by atoms with Crippen LogP contribution >= 0.6 is 11.6 Å². The quantitative estimate of drug-likeness (QED) is 0.515. The summed E-state index contributed by atoms with van der Waals surface area (Å²) in [5.74, 6) is -1.56. The lowest BCUT2D eigenvalue weighted by molar-refractivity contribution is -0.120. The van der Waals surface area contributed by atoms with Gasteiger partial charge in [-0.2, -0.15) is 0 Å². The van der Waals surface area contributed by atoms with Crippen molar-refractivity contribution in [3.63, 3.8) is 0 Å². The van der Waals surface area contributed by atoms with Crippen LogP contribution in [0, 0.1) is 5.82 Å². The van der Waals surface area contributed by atoms with Gasteiger partial charge in [0.25, 0.3) is 0 Å². The van der Waals surface area contributed by atoms with Crippen LogP contribution in [0.5, 0.6) is 0 Å². The highest BCUT2D eigenvalue weighted by Crippen LogP contribution is 2.34. The van der Waals surface area contributed by atoms with Crippen molar-refractivity contribution in [1.29, 1.82) is 0 Å². The molecule has 2 unspecified atom stereocenters. The van der Waals surface area contributed by atoms with Crippen molar-refractivity contribution in [1.82, 2.24) is 4.90 Å². The number of carboxylic acid groups (broad SMARTS) is 1. The molecule has 1 saturated heterocycles. The molecule has 3 rings (SSSR count). The standard InChI is InChI=1S/C21H20ClF2N3O4/c1-11(26-31-2)12-6-7-16(22)15(8-12)14-4-3-5-17(19(14)24)25-20(28)18-9-13(23)10-27(18)21(29)30/h3-8,13,18H,9-10H2,1-2H3,(H,25,28)(H,29,30)/b26-11+. The van der Waals surface area contributed by atoms with Gasteiger partial charge in [0.05, 0.1) is 17.9 Å². The average molecular weight is 452 g/mol. The molecule has 1 aliphatic heterocycles. The predicted octanol–water partition coefficient (Wildman–Crippen LogP) is 4.55. The van der Waals surface area contributed by atoms with Crippen LogP contribution in [0.4, 0.5) is 19.3 Å². The van der Waals surface area contributed by atoms with Crippen molar-refractivity contribution in [2.75, 3.05) is 19.0 Å². The van der Waals surface area contributed by atoms with Crippen LogP contribution in [0.15, 0.2) is 41.6 Å². The summed E-state index contributed by atoms with van der Waals surface area (Å²) in [7, 11) is 1.41. The second kappa shape index (κ2) is 9.30. The molecule has 0 bridgehead atoms. The Morgan fingerprint density at radius 1 is 1.29 bits per heavy atom. The van der Waals surface area contributed by atoms with Gasteiger partial charge in [0.1, 0.15) is 19.3 Å². The molecule has 7 nitrogen and oxygen atoms in total. The Hall–Kier alpha value is -3.20. The Morgan fingerprint density at radius 3 is 2.71 bits per heavy atom. The summed E-state index contributed by atoms with van der Waals surface area (Å²) in [4.78, 5) is 29.3. The highest BCUT2D eigenvalue weighted by atomic mass is 35.5. The van der Waals surface area contributed by atoms with Crippen LogP contribution in [0.1, 0.15) is 18.9 Å². The molecule has 0 radical (unpaired) electrons. The van der Waals surface area contributed by atoms with Crippen LogP contribution in [0.2, 0.25) is 5.02 Å². The topological polar surface area (TPSA) is 91.2 Å². The zero-order chi connectivity index (χ0) is 22.7. The Kier molecular flexibility index (Phi) is 6.74. The molecule has 1 heterocycles. The minimum absolute atomic E-state index is 0.125. The summed E-state index contributed by atoms with van der Waals surface area (Å²) in [6, 6.07) is 8.05. The molecule has 1 fully saturated rings. The third kappa shape index (κ3) is 4.77. The summed E-state index contributed by atoms with van der Waals surface area (Å²) in [5, 5.41) is 15.7. The maximum atomic E-state index is 15.3. The van der Waals surface area contributed by atoms with Crippen LogP contribution in [0.3, 0.4) is 0 Å². The number of nitrogens with one attached hydrogen (secondary N) is 1. The maximum Gasteiger partial charge on any atom is 0.408 e. The van der Waals surface area contributed by atoms with Gasteiger partial charge in [0, 0.05) is 22.6 Å². The van der Waals surface area contributed by atoms with Gasteiger partial charge in [-0.05, 0) is 30.7 Å². The number of rotatable bonds is 5. The number of amides is 2. The number of carbonyl (C=O) groups is 2. The van der Waals surface area contributed by atoms with E-state index in [1.807, 2.05) is 0 Å². The largest absolute Gasteiger partial charge is 0.465 e. The molecule has 1 aliphatic rings. The first kappa shape index (κ1) is 22.5. The Labute approximate surface area is 182 Å². The first-order valence-electron chi connectivity index (χ1n) is 9.34. The van der Waals surface area contributed by atoms with Crippen molar-refractivity contribution in [2.45, 2.75) is 25.6 Å². The first-order chi connectivity index (χ1) is 14.7. The summed E-state index contributed by atoms with van der Waals surface area (Å²) < 4.78 is 28.9. The maximum absolute atomic E-state index is 15.3. The number of oxime groups is 1. The summed E-state index contributed by atoms with van der Waals surface area (Å²) in [6.07, 6.45) is -3.15. The van der Waals surface area contributed by atoms with Gasteiger partial charge >= 0.3 is 6.09 Å². The molecule has 0 saturated carbocycles. The molecule has 2 N–H and O–H groups in total. The molecule has 2 aromatic carbocycles. The van der Waals surface area contributed by atoms with E-state index in [1.54, 1.807) is 25.1 Å². The van der Waals surface area contributed by atoms with Gasteiger partial charge in [0.2, 0.25) is 5.91 Å². The number of carbonyl (C=O) groups excluding carboxylic acids is 1. The van der Waals surface area contributed by atoms with E-state index >= 15 is 4.39 Å². The molecule has 2 aromatic rings. The van der Waals surface area contributed by atoms with Crippen LogP contribution < -0.4 is 5.32 Å². The van der Waals surface area contributed by atoms with E-state index < -0.39 is 36.6 Å². The highest BCUT2D eigenvalue weighted by Gasteiger charge is 2.40. The second-order valence-electron chi connectivity index (χ2n) is 6.99. The van der Waals surface area contributed by atoms with E-state index in [2.05, 4.69) is 10.5 Å². The van der Waals surface area contributed by atoms with Gasteiger partial charge in [-0.15, -0.1) is 0 Å². The predicted molar refractivity (Wildman–Crippen MR) is 113 cm³/mol. The van der Waals surface area contributed by atoms with E-state index in [0.29, 0.717) is 21.7 Å².